The summed E-state index contributed by atoms with van der Waals surface area (Å²) in [6.07, 6.45) is 6.29. The highest BCUT2D eigenvalue weighted by atomic mass is 19.4. The lowest BCUT2D eigenvalue weighted by molar-refractivity contribution is -0.136. The van der Waals surface area contributed by atoms with E-state index in [0.29, 0.717) is 34.7 Å². The van der Waals surface area contributed by atoms with Crippen molar-refractivity contribution < 1.29 is 13.2 Å². The first-order valence-electron chi connectivity index (χ1n) is 14.1. The molecule has 0 radical (unpaired) electrons. The van der Waals surface area contributed by atoms with Crippen molar-refractivity contribution in [1.29, 1.82) is 5.26 Å². The Morgan fingerprint density at radius 2 is 1.95 bits per heavy atom. The molecule has 4 heterocycles. The predicted molar refractivity (Wildman–Crippen MR) is 144 cm³/mol. The first kappa shape index (κ1) is 26.0. The summed E-state index contributed by atoms with van der Waals surface area (Å²) in [7, 11) is 1.87. The van der Waals surface area contributed by atoms with Crippen LogP contribution in [-0.2, 0) is 19.8 Å². The van der Waals surface area contributed by atoms with Crippen molar-refractivity contribution in [2.75, 3.05) is 13.1 Å². The van der Waals surface area contributed by atoms with E-state index in [1.54, 1.807) is 24.5 Å². The van der Waals surface area contributed by atoms with Crippen LogP contribution in [-0.4, -0.2) is 41.7 Å². The Hall–Kier alpha value is -3.91. The molecule has 1 saturated heterocycles. The summed E-state index contributed by atoms with van der Waals surface area (Å²) in [5.74, 6) is 0.900. The maximum atomic E-state index is 14.3. The van der Waals surface area contributed by atoms with Crippen molar-refractivity contribution in [3.05, 3.63) is 81.5 Å². The second kappa shape index (κ2) is 9.31. The minimum Gasteiger partial charge on any atom is -0.320 e. The van der Waals surface area contributed by atoms with E-state index in [9.17, 15) is 23.2 Å². The van der Waals surface area contributed by atoms with Gasteiger partial charge in [-0.25, -0.2) is 4.79 Å². The van der Waals surface area contributed by atoms with Crippen LogP contribution in [0.15, 0.2) is 47.8 Å². The van der Waals surface area contributed by atoms with Gasteiger partial charge in [0.15, 0.2) is 0 Å². The summed E-state index contributed by atoms with van der Waals surface area (Å²) in [5.41, 5.74) is 0.627. The summed E-state index contributed by atoms with van der Waals surface area (Å²) >= 11 is 0. The van der Waals surface area contributed by atoms with E-state index in [2.05, 4.69) is 21.2 Å². The van der Waals surface area contributed by atoms with E-state index in [-0.39, 0.29) is 11.4 Å². The van der Waals surface area contributed by atoms with Gasteiger partial charge in [0.25, 0.3) is 0 Å². The molecule has 0 N–H and O–H groups in total. The zero-order valence-corrected chi connectivity index (χ0v) is 22.7. The largest absolute Gasteiger partial charge is 0.418 e. The molecule has 2 saturated carbocycles. The molecule has 212 valence electrons. The number of rotatable bonds is 6. The fourth-order valence-corrected chi connectivity index (χ4v) is 6.75. The lowest BCUT2D eigenvalue weighted by Crippen LogP contribution is -2.25. The second-order valence-corrected chi connectivity index (χ2v) is 12.2. The molecule has 1 atom stereocenters. The lowest BCUT2D eigenvalue weighted by atomic mass is 9.72. The molecule has 1 aliphatic heterocycles. The number of hydrogen-bond acceptors (Lipinski definition) is 5. The standard InChI is InChI=1S/C30H30F3N7O/c1-37-18-35-36-27(37)26(21-3-2-4-21)22-9-19(13-34)10-23(12-22)39-16-25-24(30(31,32)33)11-20(15-40(25)28(39)41)14-38-8-7-29(17-38)5-6-29/h9-12,15-16,18,21,26H,2-8,14,17H2,1H3/t26-/m0/s1. The monoisotopic (exact) mass is 561 g/mol. The van der Waals surface area contributed by atoms with Crippen LogP contribution in [0.2, 0.25) is 0 Å². The highest BCUT2D eigenvalue weighted by molar-refractivity contribution is 5.58. The fraction of sp³-hybridized carbons (Fsp3) is 0.467. The number of nitrogens with zero attached hydrogens (tertiary/aromatic N) is 7. The van der Waals surface area contributed by atoms with Gasteiger partial charge >= 0.3 is 11.9 Å². The highest BCUT2D eigenvalue weighted by Gasteiger charge is 2.47. The molecule has 1 aromatic carbocycles. The van der Waals surface area contributed by atoms with Crippen LogP contribution in [0.3, 0.4) is 0 Å². The third-order valence-corrected chi connectivity index (χ3v) is 9.36. The number of benzene rings is 1. The quantitative estimate of drug-likeness (QED) is 0.330. The number of halogens is 3. The normalized spacial score (nSPS) is 19.5. The Bertz CT molecular complexity index is 1750. The number of alkyl halides is 3. The molecule has 3 fully saturated rings. The van der Waals surface area contributed by atoms with Crippen molar-refractivity contribution in [3.63, 3.8) is 0 Å². The summed E-state index contributed by atoms with van der Waals surface area (Å²) in [6.45, 7) is 2.11. The van der Waals surface area contributed by atoms with Crippen molar-refractivity contribution in [2.45, 2.75) is 57.2 Å². The lowest BCUT2D eigenvalue weighted by Gasteiger charge is -2.33. The van der Waals surface area contributed by atoms with Gasteiger partial charge in [-0.3, -0.25) is 13.9 Å². The van der Waals surface area contributed by atoms with Crippen LogP contribution >= 0.6 is 0 Å². The van der Waals surface area contributed by atoms with Gasteiger partial charge < -0.3 is 4.57 Å². The average molecular weight is 562 g/mol. The maximum absolute atomic E-state index is 14.3. The summed E-state index contributed by atoms with van der Waals surface area (Å²) in [5, 5.41) is 18.2. The highest BCUT2D eigenvalue weighted by Crippen LogP contribution is 2.53. The first-order valence-corrected chi connectivity index (χ1v) is 14.1. The topological polar surface area (TPSA) is 84.2 Å². The Morgan fingerprint density at radius 3 is 2.56 bits per heavy atom. The number of pyridine rings is 1. The summed E-state index contributed by atoms with van der Waals surface area (Å²) in [6, 6.07) is 8.47. The van der Waals surface area contributed by atoms with Crippen molar-refractivity contribution in [1.82, 2.24) is 28.6 Å². The van der Waals surface area contributed by atoms with E-state index < -0.39 is 17.4 Å². The van der Waals surface area contributed by atoms with Gasteiger partial charge in [-0.1, -0.05) is 6.42 Å². The molecule has 0 unspecified atom stereocenters. The number of aromatic nitrogens is 5. The molecule has 8 nitrogen and oxygen atoms in total. The maximum Gasteiger partial charge on any atom is 0.418 e. The smallest absolute Gasteiger partial charge is 0.320 e. The van der Waals surface area contributed by atoms with Crippen LogP contribution in [0, 0.1) is 22.7 Å². The van der Waals surface area contributed by atoms with Crippen LogP contribution < -0.4 is 5.69 Å². The molecule has 0 amide bonds. The second-order valence-electron chi connectivity index (χ2n) is 12.2. The van der Waals surface area contributed by atoms with Crippen LogP contribution in [0.5, 0.6) is 0 Å². The van der Waals surface area contributed by atoms with Gasteiger partial charge in [0.2, 0.25) is 0 Å². The molecule has 1 spiro atoms. The Balaban J connectivity index is 1.34. The number of likely N-dealkylation sites (tertiary alicyclic amines) is 1. The van der Waals surface area contributed by atoms with Gasteiger partial charge in [-0.05, 0) is 85.4 Å². The zero-order valence-electron chi connectivity index (χ0n) is 22.7. The number of fused-ring (bicyclic) bond motifs is 1. The van der Waals surface area contributed by atoms with E-state index >= 15 is 0 Å². The molecule has 3 aliphatic rings. The van der Waals surface area contributed by atoms with Crippen LogP contribution in [0.25, 0.3) is 11.2 Å². The first-order chi connectivity index (χ1) is 19.6. The Morgan fingerprint density at radius 1 is 1.15 bits per heavy atom. The van der Waals surface area contributed by atoms with Crippen molar-refractivity contribution >= 4 is 5.52 Å². The molecule has 3 aromatic heterocycles. The molecule has 2 aliphatic carbocycles. The molecule has 4 aromatic rings. The third-order valence-electron chi connectivity index (χ3n) is 9.36. The molecular weight excluding hydrogens is 531 g/mol. The molecule has 41 heavy (non-hydrogen) atoms. The third kappa shape index (κ3) is 4.54. The van der Waals surface area contributed by atoms with Crippen molar-refractivity contribution in [3.8, 4) is 11.8 Å². The van der Waals surface area contributed by atoms with Gasteiger partial charge in [0.05, 0.1) is 28.4 Å². The minimum absolute atomic E-state index is 0.149. The number of nitriles is 1. The van der Waals surface area contributed by atoms with E-state index in [1.807, 2.05) is 11.6 Å². The van der Waals surface area contributed by atoms with Crippen LogP contribution in [0.4, 0.5) is 13.2 Å². The van der Waals surface area contributed by atoms with Gasteiger partial charge in [-0.2, -0.15) is 18.4 Å². The van der Waals surface area contributed by atoms with Gasteiger partial charge in [0, 0.05) is 38.4 Å². The van der Waals surface area contributed by atoms with E-state index in [4.69, 9.17) is 0 Å². The Labute approximate surface area is 234 Å². The summed E-state index contributed by atoms with van der Waals surface area (Å²) < 4.78 is 47.1. The molecule has 11 heteroatoms. The fourth-order valence-electron chi connectivity index (χ4n) is 6.75. The predicted octanol–water partition coefficient (Wildman–Crippen LogP) is 5.03. The van der Waals surface area contributed by atoms with E-state index in [1.165, 1.54) is 35.9 Å². The Kier molecular flexibility index (Phi) is 5.91. The minimum atomic E-state index is -4.64. The zero-order chi connectivity index (χ0) is 28.5. The average Bonchev–Trinajstić information content (AvgIpc) is 3.18. The van der Waals surface area contributed by atoms with E-state index in [0.717, 1.165) is 54.6 Å². The van der Waals surface area contributed by atoms with Crippen molar-refractivity contribution in [2.24, 2.45) is 18.4 Å². The van der Waals surface area contributed by atoms with Crippen LogP contribution in [0.1, 0.15) is 72.5 Å². The van der Waals surface area contributed by atoms with Gasteiger partial charge in [0.1, 0.15) is 12.2 Å². The summed E-state index contributed by atoms with van der Waals surface area (Å²) in [4.78, 5) is 15.9. The SMILES string of the molecule is Cn1cnnc1[C@H](c1cc(C#N)cc(-n2cc3c(C(F)(F)F)cc(CN4CCC5(CC5)C4)cn3c2=O)c1)C1CCC1. The number of aryl methyl sites for hydroxylation is 1. The molecular formula is C30H30F3N7O. The number of hydrogen-bond donors (Lipinski definition) is 0. The molecule has 7 rings (SSSR count). The number of imidazole rings is 1. The molecule has 0 bridgehead atoms. The van der Waals surface area contributed by atoms with Gasteiger partial charge in [-0.15, -0.1) is 10.2 Å².